The van der Waals surface area contributed by atoms with Gasteiger partial charge in [0.25, 0.3) is 0 Å². The van der Waals surface area contributed by atoms with Crippen molar-refractivity contribution in [1.82, 2.24) is 0 Å². The molecule has 0 N–H and O–H groups in total. The molecule has 196 valence electrons. The maximum absolute atomic E-state index is 12.6. The van der Waals surface area contributed by atoms with E-state index in [2.05, 4.69) is 35.8 Å². The Kier molecular flexibility index (Phi) is 9.86. The van der Waals surface area contributed by atoms with E-state index >= 15 is 0 Å². The van der Waals surface area contributed by atoms with Gasteiger partial charge in [-0.3, -0.25) is 4.79 Å². The van der Waals surface area contributed by atoms with Gasteiger partial charge in [-0.15, -0.1) is 13.2 Å². The molecule has 0 aliphatic carbocycles. The first kappa shape index (κ1) is 29.1. The van der Waals surface area contributed by atoms with Gasteiger partial charge in [-0.2, -0.15) is 0 Å². The lowest BCUT2D eigenvalue weighted by molar-refractivity contribution is -0.274. The highest BCUT2D eigenvalue weighted by Crippen LogP contribution is 2.37. The van der Waals surface area contributed by atoms with Crippen LogP contribution in [0.5, 0.6) is 5.75 Å². The Labute approximate surface area is 212 Å². The molecule has 0 fully saturated rings. The van der Waals surface area contributed by atoms with Crippen LogP contribution in [-0.2, 0) is 9.53 Å². The fourth-order valence-electron chi connectivity index (χ4n) is 4.16. The van der Waals surface area contributed by atoms with Crippen molar-refractivity contribution in [3.05, 3.63) is 47.5 Å². The average Bonchev–Trinajstić information content (AvgIpc) is 2.75. The Bertz CT molecular complexity index is 1090. The summed E-state index contributed by atoms with van der Waals surface area (Å²) in [6, 6.07) is 13.2. The van der Waals surface area contributed by atoms with E-state index in [-0.39, 0.29) is 17.6 Å². The van der Waals surface area contributed by atoms with E-state index < -0.39 is 12.0 Å². The van der Waals surface area contributed by atoms with E-state index in [1.807, 2.05) is 39.6 Å². The second kappa shape index (κ2) is 12.2. The van der Waals surface area contributed by atoms with Gasteiger partial charge in [0.2, 0.25) is 0 Å². The molecule has 0 aromatic heterocycles. The highest BCUT2D eigenvalue weighted by atomic mass is 19.4. The topological polar surface area (TPSA) is 38.8 Å². The molecule has 4 nitrogen and oxygen atoms in total. The standard InChI is InChI=1S/C29H36F3NO3/c1-8-17-33(7)26-19-23(21(9-2)11-10-12-27(34)36-28(4,5)6)18-25(20(26)3)22-13-15-24(16-14-22)35-29(30,31)32/h13-16,18-19,21H,9-12H2,1-7H3. The predicted octanol–water partition coefficient (Wildman–Crippen LogP) is 7.98. The van der Waals surface area contributed by atoms with Gasteiger partial charge < -0.3 is 14.4 Å². The summed E-state index contributed by atoms with van der Waals surface area (Å²) >= 11 is 0. The number of carbonyl (C=O) groups is 1. The Morgan fingerprint density at radius 1 is 1.11 bits per heavy atom. The van der Waals surface area contributed by atoms with E-state index in [4.69, 9.17) is 4.74 Å². The van der Waals surface area contributed by atoms with E-state index in [0.29, 0.717) is 12.8 Å². The summed E-state index contributed by atoms with van der Waals surface area (Å²) in [7, 11) is 1.89. The zero-order valence-electron chi connectivity index (χ0n) is 22.2. The molecule has 0 aliphatic heterocycles. The van der Waals surface area contributed by atoms with Crippen molar-refractivity contribution >= 4 is 11.7 Å². The molecule has 0 bridgehead atoms. The van der Waals surface area contributed by atoms with Crippen molar-refractivity contribution < 1.29 is 27.4 Å². The van der Waals surface area contributed by atoms with Crippen molar-refractivity contribution in [2.75, 3.05) is 11.9 Å². The van der Waals surface area contributed by atoms with Crippen LogP contribution in [0.15, 0.2) is 36.4 Å². The van der Waals surface area contributed by atoms with Gasteiger partial charge in [-0.05, 0) is 100 Å². The summed E-state index contributed by atoms with van der Waals surface area (Å²) < 4.78 is 47.2. The SMILES string of the molecule is CC#CN(C)c1cc(C(CC)CCCC(=O)OC(C)(C)C)cc(-c2ccc(OC(F)(F)F)cc2)c1C. The van der Waals surface area contributed by atoms with Crippen molar-refractivity contribution in [2.45, 2.75) is 85.1 Å². The molecular weight excluding hydrogens is 467 g/mol. The lowest BCUT2D eigenvalue weighted by Gasteiger charge is -2.24. The number of anilines is 1. The van der Waals surface area contributed by atoms with Crippen molar-refractivity contribution in [1.29, 1.82) is 0 Å². The maximum Gasteiger partial charge on any atom is 0.573 e. The number of rotatable bonds is 9. The molecule has 2 aromatic carbocycles. The number of halogens is 3. The number of hydrogen-bond donors (Lipinski definition) is 0. The van der Waals surface area contributed by atoms with Gasteiger partial charge in [0.1, 0.15) is 11.4 Å². The zero-order chi connectivity index (χ0) is 27.1. The van der Waals surface area contributed by atoms with Crippen LogP contribution >= 0.6 is 0 Å². The van der Waals surface area contributed by atoms with Gasteiger partial charge in [0.15, 0.2) is 0 Å². The van der Waals surface area contributed by atoms with Gasteiger partial charge >= 0.3 is 12.3 Å². The molecule has 7 heteroatoms. The minimum absolute atomic E-state index is 0.196. The normalized spacial score (nSPS) is 12.4. The molecule has 2 rings (SSSR count). The number of esters is 1. The monoisotopic (exact) mass is 503 g/mol. The van der Waals surface area contributed by atoms with E-state index in [1.54, 1.807) is 19.1 Å². The Balaban J connectivity index is 2.39. The highest BCUT2D eigenvalue weighted by molar-refractivity contribution is 5.77. The molecule has 1 unspecified atom stereocenters. The molecule has 0 aliphatic rings. The molecule has 0 heterocycles. The molecule has 36 heavy (non-hydrogen) atoms. The van der Waals surface area contributed by atoms with E-state index in [0.717, 1.165) is 40.8 Å². The van der Waals surface area contributed by atoms with Gasteiger partial charge in [0.05, 0.1) is 5.69 Å². The van der Waals surface area contributed by atoms with Crippen LogP contribution in [-0.4, -0.2) is 25.0 Å². The molecule has 1 atom stereocenters. The molecule has 0 saturated carbocycles. The lowest BCUT2D eigenvalue weighted by Crippen LogP contribution is -2.23. The van der Waals surface area contributed by atoms with Crippen LogP contribution in [0.3, 0.4) is 0 Å². The number of nitrogens with zero attached hydrogens (tertiary/aromatic N) is 1. The maximum atomic E-state index is 12.6. The van der Waals surface area contributed by atoms with Gasteiger partial charge in [-0.25, -0.2) is 0 Å². The summed E-state index contributed by atoms with van der Waals surface area (Å²) in [6.07, 6.45) is -2.02. The van der Waals surface area contributed by atoms with Crippen LogP contribution in [0, 0.1) is 18.9 Å². The second-order valence-electron chi connectivity index (χ2n) is 9.79. The fraction of sp³-hybridized carbons (Fsp3) is 0.483. The molecular formula is C29H36F3NO3. The summed E-state index contributed by atoms with van der Waals surface area (Å²) in [4.78, 5) is 14.0. The predicted molar refractivity (Wildman–Crippen MR) is 138 cm³/mol. The molecule has 0 saturated heterocycles. The molecule has 0 radical (unpaired) electrons. The van der Waals surface area contributed by atoms with Gasteiger partial charge in [0, 0.05) is 19.5 Å². The zero-order valence-corrected chi connectivity index (χ0v) is 22.2. The van der Waals surface area contributed by atoms with Crippen LogP contribution in [0.25, 0.3) is 11.1 Å². The minimum atomic E-state index is -4.74. The number of alkyl halides is 3. The van der Waals surface area contributed by atoms with Crippen molar-refractivity contribution in [2.24, 2.45) is 0 Å². The van der Waals surface area contributed by atoms with Gasteiger partial charge in [-0.1, -0.05) is 31.0 Å². The smallest absolute Gasteiger partial charge is 0.460 e. The van der Waals surface area contributed by atoms with Crippen molar-refractivity contribution in [3.63, 3.8) is 0 Å². The summed E-state index contributed by atoms with van der Waals surface area (Å²) in [5.74, 6) is 2.64. The number of ether oxygens (including phenoxy) is 2. The largest absolute Gasteiger partial charge is 0.573 e. The first-order chi connectivity index (χ1) is 16.7. The lowest BCUT2D eigenvalue weighted by atomic mass is 9.86. The van der Waals surface area contributed by atoms with Crippen LogP contribution in [0.4, 0.5) is 18.9 Å². The number of benzene rings is 2. The number of carbonyl (C=O) groups excluding carboxylic acids is 1. The number of hydrogen-bond acceptors (Lipinski definition) is 4. The minimum Gasteiger partial charge on any atom is -0.460 e. The highest BCUT2D eigenvalue weighted by Gasteiger charge is 2.31. The van der Waals surface area contributed by atoms with E-state index in [1.165, 1.54) is 12.1 Å². The first-order valence-corrected chi connectivity index (χ1v) is 12.1. The summed E-state index contributed by atoms with van der Waals surface area (Å²) in [6.45, 7) is 11.4. The molecule has 2 aromatic rings. The van der Waals surface area contributed by atoms with E-state index in [9.17, 15) is 18.0 Å². The quantitative estimate of drug-likeness (QED) is 0.198. The molecule has 0 amide bonds. The van der Waals surface area contributed by atoms with Crippen molar-refractivity contribution in [3.8, 4) is 28.8 Å². The van der Waals surface area contributed by atoms with Crippen LogP contribution < -0.4 is 9.64 Å². The third-order valence-corrected chi connectivity index (χ3v) is 5.76. The summed E-state index contributed by atoms with van der Waals surface area (Å²) in [5.41, 5.74) is 4.18. The van der Waals surface area contributed by atoms with Crippen LogP contribution in [0.1, 0.15) is 77.3 Å². The Morgan fingerprint density at radius 2 is 1.75 bits per heavy atom. The second-order valence-corrected chi connectivity index (χ2v) is 9.79. The first-order valence-electron chi connectivity index (χ1n) is 12.1. The summed E-state index contributed by atoms with van der Waals surface area (Å²) in [5, 5.41) is 0. The Morgan fingerprint density at radius 3 is 2.28 bits per heavy atom. The third kappa shape index (κ3) is 8.82. The third-order valence-electron chi connectivity index (χ3n) is 5.76. The fourth-order valence-corrected chi connectivity index (χ4v) is 4.16. The molecule has 0 spiro atoms. The van der Waals surface area contributed by atoms with Crippen LogP contribution in [0.2, 0.25) is 0 Å². The average molecular weight is 504 g/mol. The Hall–Kier alpha value is -3.14.